The van der Waals surface area contributed by atoms with Crippen molar-refractivity contribution in [2.45, 2.75) is 0 Å². The molecule has 2 aromatic rings. The molecule has 0 amide bonds. The Morgan fingerprint density at radius 2 is 1.50 bits per heavy atom. The van der Waals surface area contributed by atoms with Crippen LogP contribution in [0.4, 0.5) is 11.4 Å². The summed E-state index contributed by atoms with van der Waals surface area (Å²) in [6.07, 6.45) is 0. The molecule has 0 aliphatic carbocycles. The van der Waals surface area contributed by atoms with Gasteiger partial charge in [-0.15, -0.1) is 0 Å². The van der Waals surface area contributed by atoms with Crippen LogP contribution in [0, 0.1) is 0 Å². The minimum absolute atomic E-state index is 0.709. The minimum Gasteiger partial charge on any atom is -0.301 e. The number of hydrazine groups is 1. The van der Waals surface area contributed by atoms with E-state index in [0.29, 0.717) is 5.02 Å². The number of halogens is 2. The van der Waals surface area contributed by atoms with Crippen LogP contribution >= 0.6 is 27.5 Å². The van der Waals surface area contributed by atoms with Crippen molar-refractivity contribution in [3.63, 3.8) is 0 Å². The average molecular weight is 298 g/mol. The molecule has 0 saturated heterocycles. The van der Waals surface area contributed by atoms with E-state index in [1.807, 2.05) is 48.5 Å². The number of benzene rings is 2. The predicted molar refractivity (Wildman–Crippen MR) is 72.8 cm³/mol. The molecule has 0 unspecified atom stereocenters. The van der Waals surface area contributed by atoms with Crippen LogP contribution in [0.25, 0.3) is 0 Å². The molecule has 0 radical (unpaired) electrons. The van der Waals surface area contributed by atoms with Crippen molar-refractivity contribution in [2.24, 2.45) is 0 Å². The maximum Gasteiger partial charge on any atom is 0.0554 e. The normalized spacial score (nSPS) is 9.88. The molecule has 0 aromatic heterocycles. The van der Waals surface area contributed by atoms with Crippen LogP contribution in [0.1, 0.15) is 0 Å². The first-order chi connectivity index (χ1) is 7.74. The Labute approximate surface area is 108 Å². The second kappa shape index (κ2) is 5.23. The zero-order valence-electron chi connectivity index (χ0n) is 8.37. The van der Waals surface area contributed by atoms with Crippen LogP contribution in [0.15, 0.2) is 53.0 Å². The standard InChI is InChI=1S/C12H10BrClN2/c13-9-3-1-5-11(7-9)15-16-12-6-2-4-10(14)8-12/h1-8,15-16H. The van der Waals surface area contributed by atoms with Crippen molar-refractivity contribution in [1.29, 1.82) is 0 Å². The van der Waals surface area contributed by atoms with Gasteiger partial charge in [-0.3, -0.25) is 0 Å². The van der Waals surface area contributed by atoms with E-state index in [1.165, 1.54) is 0 Å². The van der Waals surface area contributed by atoms with E-state index in [1.54, 1.807) is 0 Å². The molecule has 0 heterocycles. The van der Waals surface area contributed by atoms with Gasteiger partial charge in [0.2, 0.25) is 0 Å². The van der Waals surface area contributed by atoms with Crippen molar-refractivity contribution in [3.8, 4) is 0 Å². The quantitative estimate of drug-likeness (QED) is 0.813. The molecule has 0 spiro atoms. The second-order valence-corrected chi connectivity index (χ2v) is 4.62. The van der Waals surface area contributed by atoms with E-state index in [4.69, 9.17) is 11.6 Å². The molecule has 2 N–H and O–H groups in total. The Balaban J connectivity index is 2.02. The predicted octanol–water partition coefficient (Wildman–Crippen LogP) is 4.54. The number of nitrogens with one attached hydrogen (secondary N) is 2. The second-order valence-electron chi connectivity index (χ2n) is 3.27. The lowest BCUT2D eigenvalue weighted by Crippen LogP contribution is -2.08. The van der Waals surface area contributed by atoms with Gasteiger partial charge in [0.05, 0.1) is 11.4 Å². The van der Waals surface area contributed by atoms with Gasteiger partial charge in [-0.2, -0.15) is 0 Å². The van der Waals surface area contributed by atoms with Gasteiger partial charge in [-0.25, -0.2) is 0 Å². The first-order valence-electron chi connectivity index (χ1n) is 4.77. The molecular formula is C12H10BrClN2. The molecule has 2 rings (SSSR count). The topological polar surface area (TPSA) is 24.1 Å². The van der Waals surface area contributed by atoms with Gasteiger partial charge >= 0.3 is 0 Å². The van der Waals surface area contributed by atoms with E-state index in [9.17, 15) is 0 Å². The fraction of sp³-hybridized carbons (Fsp3) is 0. The summed E-state index contributed by atoms with van der Waals surface area (Å²) >= 11 is 9.29. The summed E-state index contributed by atoms with van der Waals surface area (Å²) in [6, 6.07) is 15.4. The highest BCUT2D eigenvalue weighted by molar-refractivity contribution is 9.10. The molecule has 0 aliphatic rings. The molecule has 4 heteroatoms. The largest absolute Gasteiger partial charge is 0.301 e. The Morgan fingerprint density at radius 3 is 2.12 bits per heavy atom. The Morgan fingerprint density at radius 1 is 0.875 bits per heavy atom. The number of hydrogen-bond acceptors (Lipinski definition) is 2. The van der Waals surface area contributed by atoms with Crippen LogP contribution in [0.3, 0.4) is 0 Å². The van der Waals surface area contributed by atoms with Gasteiger partial charge in [0, 0.05) is 9.50 Å². The van der Waals surface area contributed by atoms with Crippen molar-refractivity contribution in [3.05, 3.63) is 58.0 Å². The van der Waals surface area contributed by atoms with E-state index in [2.05, 4.69) is 26.8 Å². The number of hydrogen-bond donors (Lipinski definition) is 2. The molecule has 16 heavy (non-hydrogen) atoms. The highest BCUT2D eigenvalue weighted by atomic mass is 79.9. The van der Waals surface area contributed by atoms with E-state index in [0.717, 1.165) is 15.8 Å². The Hall–Kier alpha value is -1.19. The lowest BCUT2D eigenvalue weighted by Gasteiger charge is -2.09. The maximum absolute atomic E-state index is 5.88. The molecule has 82 valence electrons. The summed E-state index contributed by atoms with van der Waals surface area (Å²) in [7, 11) is 0. The molecule has 0 saturated carbocycles. The van der Waals surface area contributed by atoms with Gasteiger partial charge in [-0.1, -0.05) is 39.7 Å². The molecule has 0 fully saturated rings. The van der Waals surface area contributed by atoms with Crippen LogP contribution in [-0.2, 0) is 0 Å². The number of rotatable bonds is 3. The smallest absolute Gasteiger partial charge is 0.0554 e. The van der Waals surface area contributed by atoms with Crippen molar-refractivity contribution >= 4 is 38.9 Å². The van der Waals surface area contributed by atoms with E-state index < -0.39 is 0 Å². The lowest BCUT2D eigenvalue weighted by molar-refractivity contribution is 1.41. The third-order valence-electron chi connectivity index (χ3n) is 2.00. The lowest BCUT2D eigenvalue weighted by atomic mass is 10.3. The van der Waals surface area contributed by atoms with Crippen molar-refractivity contribution in [1.82, 2.24) is 0 Å². The summed E-state index contributed by atoms with van der Waals surface area (Å²) < 4.78 is 1.03. The molecule has 2 aromatic carbocycles. The summed E-state index contributed by atoms with van der Waals surface area (Å²) in [5.41, 5.74) is 8.07. The highest BCUT2D eigenvalue weighted by Gasteiger charge is 1.94. The first kappa shape index (κ1) is 11.3. The van der Waals surface area contributed by atoms with Gasteiger partial charge in [-0.05, 0) is 36.4 Å². The molecule has 0 bridgehead atoms. The highest BCUT2D eigenvalue weighted by Crippen LogP contribution is 2.18. The van der Waals surface area contributed by atoms with Crippen LogP contribution < -0.4 is 10.9 Å². The summed E-state index contributed by atoms with van der Waals surface area (Å²) in [5.74, 6) is 0. The Kier molecular flexibility index (Phi) is 3.70. The third-order valence-corrected chi connectivity index (χ3v) is 2.73. The summed E-state index contributed by atoms with van der Waals surface area (Å²) in [5, 5.41) is 0.709. The Bertz CT molecular complexity index is 442. The summed E-state index contributed by atoms with van der Waals surface area (Å²) in [4.78, 5) is 0. The molecule has 2 nitrogen and oxygen atoms in total. The van der Waals surface area contributed by atoms with Gasteiger partial charge in [0.1, 0.15) is 0 Å². The van der Waals surface area contributed by atoms with Gasteiger partial charge < -0.3 is 10.9 Å². The number of anilines is 2. The average Bonchev–Trinajstić information content (AvgIpc) is 2.27. The minimum atomic E-state index is 0.709. The summed E-state index contributed by atoms with van der Waals surface area (Å²) in [6.45, 7) is 0. The molecule has 0 aliphatic heterocycles. The fourth-order valence-corrected chi connectivity index (χ4v) is 1.87. The molecule has 0 atom stereocenters. The van der Waals surface area contributed by atoms with Crippen molar-refractivity contribution in [2.75, 3.05) is 10.9 Å². The van der Waals surface area contributed by atoms with E-state index >= 15 is 0 Å². The maximum atomic E-state index is 5.88. The molecular weight excluding hydrogens is 288 g/mol. The van der Waals surface area contributed by atoms with Crippen LogP contribution in [-0.4, -0.2) is 0 Å². The van der Waals surface area contributed by atoms with Crippen LogP contribution in [0.2, 0.25) is 5.02 Å². The zero-order valence-corrected chi connectivity index (χ0v) is 10.7. The zero-order chi connectivity index (χ0) is 11.4. The van der Waals surface area contributed by atoms with E-state index in [-0.39, 0.29) is 0 Å². The monoisotopic (exact) mass is 296 g/mol. The fourth-order valence-electron chi connectivity index (χ4n) is 1.28. The SMILES string of the molecule is Clc1cccc(NNc2cccc(Br)c2)c1. The van der Waals surface area contributed by atoms with Crippen LogP contribution in [0.5, 0.6) is 0 Å². The van der Waals surface area contributed by atoms with Gasteiger partial charge in [0.25, 0.3) is 0 Å². The van der Waals surface area contributed by atoms with Gasteiger partial charge in [0.15, 0.2) is 0 Å². The third kappa shape index (κ3) is 3.15. The van der Waals surface area contributed by atoms with Crippen molar-refractivity contribution < 1.29 is 0 Å². The first-order valence-corrected chi connectivity index (χ1v) is 5.94.